The van der Waals surface area contributed by atoms with Gasteiger partial charge in [0.25, 0.3) is 0 Å². The van der Waals surface area contributed by atoms with E-state index < -0.39 is 0 Å². The number of H-pyrrole nitrogens is 1. The number of benzene rings is 1. The van der Waals surface area contributed by atoms with Gasteiger partial charge in [0.15, 0.2) is 0 Å². The van der Waals surface area contributed by atoms with Gasteiger partial charge in [0, 0.05) is 18.3 Å². The van der Waals surface area contributed by atoms with Crippen LogP contribution < -0.4 is 5.32 Å². The number of aromatic nitrogens is 1. The number of aromatic amines is 1. The quantitative estimate of drug-likeness (QED) is 0.717. The molecule has 0 aliphatic carbocycles. The van der Waals surface area contributed by atoms with Gasteiger partial charge in [0.2, 0.25) is 0 Å². The first-order chi connectivity index (χ1) is 8.42. The Morgan fingerprint density at radius 1 is 1.12 bits per heavy atom. The maximum Gasteiger partial charge on any atom is 0.117 e. The SMILES string of the molecule is c1coc(CNCc2ccc3[nH]ccc3c2)c1. The fourth-order valence-electron chi connectivity index (χ4n) is 1.96. The van der Waals surface area contributed by atoms with Gasteiger partial charge in [0.05, 0.1) is 12.8 Å². The molecule has 3 heteroatoms. The lowest BCUT2D eigenvalue weighted by Crippen LogP contribution is -2.11. The third-order valence-electron chi connectivity index (χ3n) is 2.83. The summed E-state index contributed by atoms with van der Waals surface area (Å²) in [6.07, 6.45) is 3.66. The van der Waals surface area contributed by atoms with E-state index in [4.69, 9.17) is 4.42 Å². The molecule has 0 aliphatic rings. The zero-order valence-corrected chi connectivity index (χ0v) is 9.44. The first-order valence-corrected chi connectivity index (χ1v) is 5.71. The first kappa shape index (κ1) is 10.2. The molecule has 0 atom stereocenters. The van der Waals surface area contributed by atoms with Crippen LogP contribution in [-0.4, -0.2) is 4.98 Å². The van der Waals surface area contributed by atoms with Gasteiger partial charge >= 0.3 is 0 Å². The van der Waals surface area contributed by atoms with E-state index in [9.17, 15) is 0 Å². The van der Waals surface area contributed by atoms with Crippen LogP contribution in [0.1, 0.15) is 11.3 Å². The Labute approximate surface area is 99.5 Å². The van der Waals surface area contributed by atoms with Crippen LogP contribution in [-0.2, 0) is 13.1 Å². The highest BCUT2D eigenvalue weighted by Crippen LogP contribution is 2.14. The Morgan fingerprint density at radius 2 is 2.12 bits per heavy atom. The monoisotopic (exact) mass is 226 g/mol. The van der Waals surface area contributed by atoms with Crippen molar-refractivity contribution < 1.29 is 4.42 Å². The summed E-state index contributed by atoms with van der Waals surface area (Å²) in [4.78, 5) is 3.19. The molecule has 86 valence electrons. The summed E-state index contributed by atoms with van der Waals surface area (Å²) in [5.74, 6) is 0.965. The van der Waals surface area contributed by atoms with E-state index in [1.54, 1.807) is 6.26 Å². The highest BCUT2D eigenvalue weighted by atomic mass is 16.3. The molecule has 17 heavy (non-hydrogen) atoms. The van der Waals surface area contributed by atoms with Gasteiger partial charge < -0.3 is 14.7 Å². The van der Waals surface area contributed by atoms with E-state index >= 15 is 0 Å². The number of furan rings is 1. The molecule has 0 saturated heterocycles. The molecule has 2 N–H and O–H groups in total. The van der Waals surface area contributed by atoms with Crippen LogP contribution in [0.15, 0.2) is 53.3 Å². The van der Waals surface area contributed by atoms with Crippen molar-refractivity contribution in [3.63, 3.8) is 0 Å². The van der Waals surface area contributed by atoms with Gasteiger partial charge in [-0.1, -0.05) is 6.07 Å². The lowest BCUT2D eigenvalue weighted by atomic mass is 10.1. The van der Waals surface area contributed by atoms with E-state index in [1.807, 2.05) is 18.3 Å². The highest BCUT2D eigenvalue weighted by Gasteiger charge is 1.98. The summed E-state index contributed by atoms with van der Waals surface area (Å²) in [6, 6.07) is 12.4. The molecule has 3 rings (SSSR count). The average molecular weight is 226 g/mol. The second kappa shape index (κ2) is 4.47. The van der Waals surface area contributed by atoms with E-state index in [1.165, 1.54) is 16.5 Å². The van der Waals surface area contributed by atoms with Gasteiger partial charge in [-0.15, -0.1) is 0 Å². The van der Waals surface area contributed by atoms with E-state index in [0.717, 1.165) is 18.8 Å². The molecule has 0 spiro atoms. The van der Waals surface area contributed by atoms with Crippen molar-refractivity contribution in [3.05, 3.63) is 60.2 Å². The summed E-state index contributed by atoms with van der Waals surface area (Å²) >= 11 is 0. The van der Waals surface area contributed by atoms with Crippen LogP contribution >= 0.6 is 0 Å². The van der Waals surface area contributed by atoms with Gasteiger partial charge in [-0.05, 0) is 41.3 Å². The second-order valence-electron chi connectivity index (χ2n) is 4.08. The summed E-state index contributed by atoms with van der Waals surface area (Å²) in [5.41, 5.74) is 2.46. The molecule has 0 fully saturated rings. The van der Waals surface area contributed by atoms with Gasteiger partial charge in [0.1, 0.15) is 5.76 Å². The van der Waals surface area contributed by atoms with Crippen LogP contribution in [0.4, 0.5) is 0 Å². The van der Waals surface area contributed by atoms with Crippen molar-refractivity contribution >= 4 is 10.9 Å². The fraction of sp³-hybridized carbons (Fsp3) is 0.143. The minimum absolute atomic E-state index is 0.762. The third-order valence-corrected chi connectivity index (χ3v) is 2.83. The normalized spacial score (nSPS) is 11.1. The zero-order valence-electron chi connectivity index (χ0n) is 9.44. The molecule has 0 amide bonds. The molecular formula is C14H14N2O. The Hall–Kier alpha value is -2.00. The summed E-state index contributed by atoms with van der Waals surface area (Å²) in [5, 5.41) is 4.61. The van der Waals surface area contributed by atoms with E-state index in [0.29, 0.717) is 0 Å². The predicted octanol–water partition coefficient (Wildman–Crippen LogP) is 3.05. The Bertz CT molecular complexity index is 596. The molecule has 0 radical (unpaired) electrons. The Morgan fingerprint density at radius 3 is 3.00 bits per heavy atom. The standard InChI is InChI=1S/C14H14N2O/c1-2-13(17-7-1)10-15-9-11-3-4-14-12(8-11)5-6-16-14/h1-8,15-16H,9-10H2. The average Bonchev–Trinajstić information content (AvgIpc) is 2.98. The number of rotatable bonds is 4. The van der Waals surface area contributed by atoms with Gasteiger partial charge in [-0.25, -0.2) is 0 Å². The fourth-order valence-corrected chi connectivity index (χ4v) is 1.96. The molecule has 2 aromatic heterocycles. The van der Waals surface area contributed by atoms with Crippen molar-refractivity contribution in [2.75, 3.05) is 0 Å². The molecule has 0 bridgehead atoms. The second-order valence-corrected chi connectivity index (χ2v) is 4.08. The Balaban J connectivity index is 1.64. The Kier molecular flexibility index (Phi) is 2.68. The van der Waals surface area contributed by atoms with Crippen molar-refractivity contribution in [1.82, 2.24) is 10.3 Å². The maximum absolute atomic E-state index is 5.26. The smallest absolute Gasteiger partial charge is 0.117 e. The van der Waals surface area contributed by atoms with E-state index in [2.05, 4.69) is 34.6 Å². The van der Waals surface area contributed by atoms with Crippen molar-refractivity contribution in [2.24, 2.45) is 0 Å². The highest BCUT2D eigenvalue weighted by molar-refractivity contribution is 5.79. The number of nitrogens with one attached hydrogen (secondary N) is 2. The molecule has 1 aromatic carbocycles. The summed E-state index contributed by atoms with van der Waals surface area (Å²) < 4.78 is 5.26. The number of fused-ring (bicyclic) bond motifs is 1. The van der Waals surface area contributed by atoms with Gasteiger partial charge in [-0.2, -0.15) is 0 Å². The molecule has 0 saturated carbocycles. The van der Waals surface area contributed by atoms with Gasteiger partial charge in [-0.3, -0.25) is 0 Å². The number of hydrogen-bond acceptors (Lipinski definition) is 2. The summed E-state index contributed by atoms with van der Waals surface area (Å²) in [6.45, 7) is 1.61. The first-order valence-electron chi connectivity index (χ1n) is 5.71. The minimum atomic E-state index is 0.762. The van der Waals surface area contributed by atoms with Crippen LogP contribution in [0, 0.1) is 0 Å². The minimum Gasteiger partial charge on any atom is -0.468 e. The van der Waals surface area contributed by atoms with Crippen LogP contribution in [0.2, 0.25) is 0 Å². The van der Waals surface area contributed by atoms with Crippen molar-refractivity contribution in [1.29, 1.82) is 0 Å². The van der Waals surface area contributed by atoms with Crippen LogP contribution in [0.3, 0.4) is 0 Å². The predicted molar refractivity (Wildman–Crippen MR) is 67.6 cm³/mol. The van der Waals surface area contributed by atoms with Crippen LogP contribution in [0.5, 0.6) is 0 Å². The van der Waals surface area contributed by atoms with Crippen molar-refractivity contribution in [2.45, 2.75) is 13.1 Å². The number of hydrogen-bond donors (Lipinski definition) is 2. The van der Waals surface area contributed by atoms with E-state index in [-0.39, 0.29) is 0 Å². The molecule has 3 aromatic rings. The topological polar surface area (TPSA) is 41.0 Å². The van der Waals surface area contributed by atoms with Crippen molar-refractivity contribution in [3.8, 4) is 0 Å². The summed E-state index contributed by atoms with van der Waals surface area (Å²) in [7, 11) is 0. The molecular weight excluding hydrogens is 212 g/mol. The molecule has 3 nitrogen and oxygen atoms in total. The molecule has 0 unspecified atom stereocenters. The lowest BCUT2D eigenvalue weighted by Gasteiger charge is -2.03. The van der Waals surface area contributed by atoms with Crippen LogP contribution in [0.25, 0.3) is 10.9 Å². The zero-order chi connectivity index (χ0) is 11.5. The lowest BCUT2D eigenvalue weighted by molar-refractivity contribution is 0.483. The molecule has 0 aliphatic heterocycles. The third kappa shape index (κ3) is 2.24. The molecule has 2 heterocycles. The largest absolute Gasteiger partial charge is 0.468 e. The maximum atomic E-state index is 5.26.